The van der Waals surface area contributed by atoms with Crippen molar-refractivity contribution in [2.24, 2.45) is 0 Å². The number of carbonyl (C=O) groups excluding carboxylic acids is 2. The maximum absolute atomic E-state index is 12.3. The number of rotatable bonds is 8. The molecule has 0 saturated carbocycles. The molecule has 0 aromatic heterocycles. The number of carbonyl (C=O) groups is 2. The molecule has 0 unspecified atom stereocenters. The number of halogens is 1. The minimum Gasteiger partial charge on any atom is -0.492 e. The summed E-state index contributed by atoms with van der Waals surface area (Å²) < 4.78 is 5.60. The van der Waals surface area contributed by atoms with Crippen molar-refractivity contribution in [2.45, 2.75) is 32.7 Å². The normalized spacial score (nSPS) is 10.9. The van der Waals surface area contributed by atoms with E-state index in [2.05, 4.69) is 10.6 Å². The molecule has 2 rings (SSSR count). The highest BCUT2D eigenvalue weighted by Gasteiger charge is 2.18. The summed E-state index contributed by atoms with van der Waals surface area (Å²) in [7, 11) is 1.69. The standard InChI is InChI=1S/C22H28ClN3O3/c1-5-22(2,3)25-20(27)16-6-10-18(11-7-16)24-21(28)26(4)14-15-29-19-12-8-17(23)9-13-19/h6-13H,5,14-15H2,1-4H3,(H,24,28)(H,25,27). The van der Waals surface area contributed by atoms with E-state index >= 15 is 0 Å². The minimum atomic E-state index is -0.263. The SMILES string of the molecule is CCC(C)(C)NC(=O)c1ccc(NC(=O)N(C)CCOc2ccc(Cl)cc2)cc1. The molecule has 156 valence electrons. The van der Waals surface area contributed by atoms with Crippen molar-refractivity contribution in [3.05, 3.63) is 59.1 Å². The highest BCUT2D eigenvalue weighted by atomic mass is 35.5. The van der Waals surface area contributed by atoms with Gasteiger partial charge in [-0.05, 0) is 68.8 Å². The van der Waals surface area contributed by atoms with Crippen molar-refractivity contribution >= 4 is 29.2 Å². The molecule has 0 saturated heterocycles. The number of hydrogen-bond donors (Lipinski definition) is 2. The van der Waals surface area contributed by atoms with Gasteiger partial charge in [-0.3, -0.25) is 4.79 Å². The molecule has 2 aromatic rings. The summed E-state index contributed by atoms with van der Waals surface area (Å²) in [6.07, 6.45) is 0.834. The van der Waals surface area contributed by atoms with Crippen molar-refractivity contribution < 1.29 is 14.3 Å². The fourth-order valence-corrected chi connectivity index (χ4v) is 2.45. The maximum atomic E-state index is 12.3. The molecule has 2 aromatic carbocycles. The average molecular weight is 418 g/mol. The van der Waals surface area contributed by atoms with E-state index in [1.165, 1.54) is 4.90 Å². The van der Waals surface area contributed by atoms with Gasteiger partial charge in [-0.15, -0.1) is 0 Å². The van der Waals surface area contributed by atoms with Gasteiger partial charge in [-0.2, -0.15) is 0 Å². The topological polar surface area (TPSA) is 70.7 Å². The predicted octanol–water partition coefficient (Wildman–Crippen LogP) is 4.80. The Kier molecular flexibility index (Phi) is 7.91. The van der Waals surface area contributed by atoms with Gasteiger partial charge in [0.05, 0.1) is 6.54 Å². The van der Waals surface area contributed by atoms with E-state index in [1.54, 1.807) is 55.6 Å². The third-order valence-corrected chi connectivity index (χ3v) is 4.84. The molecule has 0 radical (unpaired) electrons. The Morgan fingerprint density at radius 3 is 2.28 bits per heavy atom. The Bertz CT molecular complexity index is 820. The molecule has 6 nitrogen and oxygen atoms in total. The minimum absolute atomic E-state index is 0.133. The molecule has 0 aliphatic heterocycles. The van der Waals surface area contributed by atoms with E-state index in [4.69, 9.17) is 16.3 Å². The number of urea groups is 1. The molecule has 29 heavy (non-hydrogen) atoms. The second-order valence-corrected chi connectivity index (χ2v) is 7.86. The van der Waals surface area contributed by atoms with Crippen molar-refractivity contribution in [1.82, 2.24) is 10.2 Å². The molecule has 0 spiro atoms. The third kappa shape index (κ3) is 7.31. The lowest BCUT2D eigenvalue weighted by molar-refractivity contribution is 0.0911. The zero-order valence-electron chi connectivity index (χ0n) is 17.3. The third-order valence-electron chi connectivity index (χ3n) is 4.59. The molecule has 0 aliphatic carbocycles. The van der Waals surface area contributed by atoms with E-state index in [1.807, 2.05) is 20.8 Å². The van der Waals surface area contributed by atoms with Crippen LogP contribution in [-0.4, -0.2) is 42.6 Å². The molecule has 0 heterocycles. The van der Waals surface area contributed by atoms with Gasteiger partial charge in [0.1, 0.15) is 12.4 Å². The lowest BCUT2D eigenvalue weighted by Gasteiger charge is -2.24. The number of benzene rings is 2. The van der Waals surface area contributed by atoms with Gasteiger partial charge in [0.2, 0.25) is 0 Å². The molecule has 3 amide bonds. The van der Waals surface area contributed by atoms with Crippen LogP contribution in [-0.2, 0) is 0 Å². The Morgan fingerprint density at radius 2 is 1.69 bits per heavy atom. The number of nitrogens with zero attached hydrogens (tertiary/aromatic N) is 1. The van der Waals surface area contributed by atoms with Crippen molar-refractivity contribution in [2.75, 3.05) is 25.5 Å². The first-order valence-electron chi connectivity index (χ1n) is 9.53. The van der Waals surface area contributed by atoms with Gasteiger partial charge in [0, 0.05) is 28.9 Å². The fourth-order valence-electron chi connectivity index (χ4n) is 2.32. The largest absolute Gasteiger partial charge is 0.492 e. The quantitative estimate of drug-likeness (QED) is 0.648. The molecule has 7 heteroatoms. The van der Waals surface area contributed by atoms with Crippen LogP contribution in [0.4, 0.5) is 10.5 Å². The van der Waals surface area contributed by atoms with Crippen LogP contribution < -0.4 is 15.4 Å². The van der Waals surface area contributed by atoms with Crippen LogP contribution in [0.15, 0.2) is 48.5 Å². The summed E-state index contributed by atoms with van der Waals surface area (Å²) in [6.45, 7) is 6.76. The Balaban J connectivity index is 1.81. The van der Waals surface area contributed by atoms with Crippen LogP contribution >= 0.6 is 11.6 Å². The predicted molar refractivity (Wildman–Crippen MR) is 117 cm³/mol. The van der Waals surface area contributed by atoms with Crippen LogP contribution in [0.25, 0.3) is 0 Å². The van der Waals surface area contributed by atoms with Gasteiger partial charge >= 0.3 is 6.03 Å². The Hall–Kier alpha value is -2.73. The van der Waals surface area contributed by atoms with Gasteiger partial charge in [-0.25, -0.2) is 4.79 Å². The molecule has 0 bridgehead atoms. The van der Waals surface area contributed by atoms with Crippen molar-refractivity contribution in [1.29, 1.82) is 0 Å². The van der Waals surface area contributed by atoms with Crippen molar-refractivity contribution in [3.63, 3.8) is 0 Å². The van der Waals surface area contributed by atoms with Crippen LogP contribution in [0, 0.1) is 0 Å². The second kappa shape index (κ2) is 10.2. The summed E-state index contributed by atoms with van der Waals surface area (Å²) in [5.41, 5.74) is 0.904. The summed E-state index contributed by atoms with van der Waals surface area (Å²) in [5, 5.41) is 6.44. The van der Waals surface area contributed by atoms with Gasteiger partial charge in [-0.1, -0.05) is 18.5 Å². The molecule has 0 atom stereocenters. The second-order valence-electron chi connectivity index (χ2n) is 7.42. The van der Waals surface area contributed by atoms with Crippen LogP contribution in [0.1, 0.15) is 37.6 Å². The summed E-state index contributed by atoms with van der Waals surface area (Å²) in [5.74, 6) is 0.564. The molecular formula is C22H28ClN3O3. The first kappa shape index (κ1) is 22.6. The summed E-state index contributed by atoms with van der Waals surface area (Å²) in [6, 6.07) is 13.6. The van der Waals surface area contributed by atoms with Gasteiger partial charge < -0.3 is 20.3 Å². The number of amides is 3. The van der Waals surface area contributed by atoms with E-state index in [9.17, 15) is 9.59 Å². The molecular weight excluding hydrogens is 390 g/mol. The molecule has 2 N–H and O–H groups in total. The first-order valence-corrected chi connectivity index (χ1v) is 9.91. The lowest BCUT2D eigenvalue weighted by atomic mass is 10.0. The highest BCUT2D eigenvalue weighted by molar-refractivity contribution is 6.30. The van der Waals surface area contributed by atoms with E-state index in [0.29, 0.717) is 35.2 Å². The van der Waals surface area contributed by atoms with Gasteiger partial charge in [0.15, 0.2) is 0 Å². The number of ether oxygens (including phenoxy) is 1. The molecule has 0 fully saturated rings. The monoisotopic (exact) mass is 417 g/mol. The number of likely N-dealkylation sites (N-methyl/N-ethyl adjacent to an activating group) is 1. The zero-order valence-corrected chi connectivity index (χ0v) is 18.0. The van der Waals surface area contributed by atoms with E-state index in [-0.39, 0.29) is 17.5 Å². The van der Waals surface area contributed by atoms with Crippen LogP contribution in [0.3, 0.4) is 0 Å². The molecule has 0 aliphatic rings. The van der Waals surface area contributed by atoms with Gasteiger partial charge in [0.25, 0.3) is 5.91 Å². The number of nitrogens with one attached hydrogen (secondary N) is 2. The Morgan fingerprint density at radius 1 is 1.07 bits per heavy atom. The summed E-state index contributed by atoms with van der Waals surface area (Å²) in [4.78, 5) is 26.1. The highest BCUT2D eigenvalue weighted by Crippen LogP contribution is 2.16. The zero-order chi connectivity index (χ0) is 21.4. The Labute approximate surface area is 177 Å². The average Bonchev–Trinajstić information content (AvgIpc) is 2.69. The summed E-state index contributed by atoms with van der Waals surface area (Å²) >= 11 is 5.84. The van der Waals surface area contributed by atoms with E-state index < -0.39 is 0 Å². The van der Waals surface area contributed by atoms with Crippen LogP contribution in [0.5, 0.6) is 5.75 Å². The van der Waals surface area contributed by atoms with Crippen LogP contribution in [0.2, 0.25) is 5.02 Å². The fraction of sp³-hybridized carbons (Fsp3) is 0.364. The number of anilines is 1. The van der Waals surface area contributed by atoms with Crippen molar-refractivity contribution in [3.8, 4) is 5.75 Å². The van der Waals surface area contributed by atoms with E-state index in [0.717, 1.165) is 6.42 Å². The lowest BCUT2D eigenvalue weighted by Crippen LogP contribution is -2.42. The smallest absolute Gasteiger partial charge is 0.321 e. The number of hydrogen-bond acceptors (Lipinski definition) is 3. The maximum Gasteiger partial charge on any atom is 0.321 e. The first-order chi connectivity index (χ1) is 13.7.